The van der Waals surface area contributed by atoms with Gasteiger partial charge in [-0.25, -0.2) is 0 Å². The molecule has 3 aliphatic heterocycles. The Morgan fingerprint density at radius 3 is 2.46 bits per heavy atom. The lowest BCUT2D eigenvalue weighted by Gasteiger charge is -2.39. The van der Waals surface area contributed by atoms with Gasteiger partial charge in [0, 0.05) is 58.9 Å². The van der Waals surface area contributed by atoms with E-state index in [1.165, 1.54) is 0 Å². The van der Waals surface area contributed by atoms with Crippen molar-refractivity contribution in [2.45, 2.75) is 38.8 Å². The molecule has 0 aromatic rings. The van der Waals surface area contributed by atoms with Crippen molar-refractivity contribution in [1.82, 2.24) is 24.9 Å². The van der Waals surface area contributed by atoms with Crippen LogP contribution in [0.2, 0.25) is 0 Å². The Bertz CT molecular complexity index is 529. The maximum absolute atomic E-state index is 12.7. The second-order valence-electron chi connectivity index (χ2n) is 8.18. The summed E-state index contributed by atoms with van der Waals surface area (Å²) in [5.41, 5.74) is 0. The van der Waals surface area contributed by atoms with Gasteiger partial charge in [0.15, 0.2) is 5.96 Å². The quantitative estimate of drug-likeness (QED) is 0.520. The Balaban J connectivity index is 1.50. The van der Waals surface area contributed by atoms with Gasteiger partial charge in [0.2, 0.25) is 5.91 Å². The Morgan fingerprint density at radius 2 is 1.82 bits per heavy atom. The van der Waals surface area contributed by atoms with Crippen LogP contribution in [0.5, 0.6) is 0 Å². The summed E-state index contributed by atoms with van der Waals surface area (Å²) < 4.78 is 5.84. The largest absolute Gasteiger partial charge is 0.374 e. The summed E-state index contributed by atoms with van der Waals surface area (Å²) in [5, 5.41) is 3.43. The number of nitrogens with one attached hydrogen (secondary N) is 1. The average Bonchev–Trinajstić information content (AvgIpc) is 3.25. The molecule has 8 heteroatoms. The third kappa shape index (κ3) is 5.58. The van der Waals surface area contributed by atoms with E-state index in [1.807, 2.05) is 4.90 Å². The van der Waals surface area contributed by atoms with Crippen molar-refractivity contribution >= 4 is 11.9 Å². The fourth-order valence-corrected chi connectivity index (χ4v) is 4.27. The van der Waals surface area contributed by atoms with Crippen LogP contribution >= 0.6 is 0 Å². The van der Waals surface area contributed by atoms with Crippen molar-refractivity contribution in [3.8, 4) is 0 Å². The number of aliphatic imine (C=N–C) groups is 1. The van der Waals surface area contributed by atoms with Crippen molar-refractivity contribution < 1.29 is 9.53 Å². The number of morpholine rings is 1. The van der Waals surface area contributed by atoms with E-state index in [9.17, 15) is 4.79 Å². The Morgan fingerprint density at radius 1 is 1.11 bits per heavy atom. The van der Waals surface area contributed by atoms with Crippen molar-refractivity contribution in [2.75, 3.05) is 79.1 Å². The van der Waals surface area contributed by atoms with Crippen molar-refractivity contribution in [3.05, 3.63) is 0 Å². The van der Waals surface area contributed by atoms with E-state index in [1.54, 1.807) is 0 Å². The number of nitrogens with zero attached hydrogens (tertiary/aromatic N) is 5. The predicted molar refractivity (Wildman–Crippen MR) is 112 cm³/mol. The number of carbonyl (C=O) groups excluding carboxylic acids is 1. The molecule has 0 aliphatic carbocycles. The number of hydrogen-bond donors (Lipinski definition) is 1. The lowest BCUT2D eigenvalue weighted by molar-refractivity contribution is -0.135. The summed E-state index contributed by atoms with van der Waals surface area (Å²) in [5.74, 6) is 1.27. The molecule has 1 N–H and O–H groups in total. The molecule has 2 atom stereocenters. The highest BCUT2D eigenvalue weighted by Crippen LogP contribution is 2.14. The molecule has 0 radical (unpaired) electrons. The highest BCUT2D eigenvalue weighted by atomic mass is 16.5. The first-order valence-corrected chi connectivity index (χ1v) is 10.9. The Kier molecular flexibility index (Phi) is 7.93. The summed E-state index contributed by atoms with van der Waals surface area (Å²) >= 11 is 0. The van der Waals surface area contributed by atoms with E-state index < -0.39 is 0 Å². The first-order valence-electron chi connectivity index (χ1n) is 10.9. The number of carbonyl (C=O) groups is 1. The van der Waals surface area contributed by atoms with Crippen LogP contribution in [0.25, 0.3) is 0 Å². The van der Waals surface area contributed by atoms with Gasteiger partial charge in [-0.15, -0.1) is 0 Å². The van der Waals surface area contributed by atoms with Crippen LogP contribution < -0.4 is 5.32 Å². The van der Waals surface area contributed by atoms with E-state index in [2.05, 4.69) is 40.9 Å². The van der Waals surface area contributed by atoms with Gasteiger partial charge < -0.3 is 24.8 Å². The van der Waals surface area contributed by atoms with E-state index in [0.29, 0.717) is 12.5 Å². The van der Waals surface area contributed by atoms with Crippen LogP contribution in [-0.2, 0) is 9.53 Å². The fraction of sp³-hybridized carbons (Fsp3) is 0.900. The zero-order valence-corrected chi connectivity index (χ0v) is 17.9. The van der Waals surface area contributed by atoms with Crippen molar-refractivity contribution in [1.29, 1.82) is 0 Å². The zero-order valence-electron chi connectivity index (χ0n) is 17.9. The number of piperazine rings is 1. The van der Waals surface area contributed by atoms with Crippen LogP contribution in [0.3, 0.4) is 0 Å². The van der Waals surface area contributed by atoms with Crippen molar-refractivity contribution in [3.63, 3.8) is 0 Å². The molecule has 3 aliphatic rings. The molecular weight excluding hydrogens is 356 g/mol. The van der Waals surface area contributed by atoms with Crippen LogP contribution in [0.15, 0.2) is 4.99 Å². The number of likely N-dealkylation sites (tertiary alicyclic amines) is 1. The number of rotatable bonds is 5. The molecule has 160 valence electrons. The molecule has 0 bridgehead atoms. The molecule has 0 aromatic heterocycles. The van der Waals surface area contributed by atoms with Crippen LogP contribution in [-0.4, -0.2) is 123 Å². The third-order valence-electron chi connectivity index (χ3n) is 6.06. The molecule has 3 heterocycles. The molecule has 3 fully saturated rings. The van der Waals surface area contributed by atoms with Crippen molar-refractivity contribution in [2.24, 2.45) is 4.99 Å². The minimum Gasteiger partial charge on any atom is -0.374 e. The highest BCUT2D eigenvalue weighted by molar-refractivity contribution is 5.82. The standard InChI is InChI=1S/C20H38N6O2/c1-4-21-20(22-15-18-16-23(3)13-14-28-18)26-11-9-24(10-12-26)17(2)19(27)25-7-5-6-8-25/h17-18H,4-16H2,1-3H3,(H,21,22). The summed E-state index contributed by atoms with van der Waals surface area (Å²) in [6, 6.07) is -0.0223. The molecule has 3 saturated heterocycles. The molecule has 2 unspecified atom stereocenters. The lowest BCUT2D eigenvalue weighted by Crippen LogP contribution is -2.57. The van der Waals surface area contributed by atoms with Gasteiger partial charge in [0.1, 0.15) is 0 Å². The first kappa shape index (κ1) is 21.3. The monoisotopic (exact) mass is 394 g/mol. The van der Waals surface area contributed by atoms with E-state index in [4.69, 9.17) is 9.73 Å². The number of likely N-dealkylation sites (N-methyl/N-ethyl adjacent to an activating group) is 1. The van der Waals surface area contributed by atoms with Gasteiger partial charge in [0.25, 0.3) is 0 Å². The molecule has 3 rings (SSSR count). The number of guanidine groups is 1. The maximum Gasteiger partial charge on any atom is 0.239 e. The normalized spacial score (nSPS) is 26.5. The second-order valence-corrected chi connectivity index (χ2v) is 8.18. The van der Waals surface area contributed by atoms with Gasteiger partial charge in [0.05, 0.1) is 25.3 Å². The highest BCUT2D eigenvalue weighted by Gasteiger charge is 2.30. The minimum absolute atomic E-state index is 0.0223. The topological polar surface area (TPSA) is 63.7 Å². The summed E-state index contributed by atoms with van der Waals surface area (Å²) in [6.07, 6.45) is 2.47. The second kappa shape index (κ2) is 10.4. The number of ether oxygens (including phenoxy) is 1. The van der Waals surface area contributed by atoms with Gasteiger partial charge in [-0.2, -0.15) is 0 Å². The molecule has 0 spiro atoms. The number of amides is 1. The molecule has 1 amide bonds. The zero-order chi connectivity index (χ0) is 19.9. The molecule has 8 nitrogen and oxygen atoms in total. The van der Waals surface area contributed by atoms with Crippen LogP contribution in [0.4, 0.5) is 0 Å². The SMILES string of the molecule is CCNC(=NCC1CN(C)CCO1)N1CCN(C(C)C(=O)N2CCCC2)CC1. The molecule has 0 saturated carbocycles. The fourth-order valence-electron chi connectivity index (χ4n) is 4.27. The van der Waals surface area contributed by atoms with Crippen LogP contribution in [0, 0.1) is 0 Å². The predicted octanol–water partition coefficient (Wildman–Crippen LogP) is -0.0890. The number of hydrogen-bond acceptors (Lipinski definition) is 5. The van der Waals surface area contributed by atoms with Gasteiger partial charge in [-0.05, 0) is 33.7 Å². The first-order chi connectivity index (χ1) is 13.6. The van der Waals surface area contributed by atoms with E-state index in [0.717, 1.165) is 84.3 Å². The Labute approximate surface area is 169 Å². The van der Waals surface area contributed by atoms with E-state index >= 15 is 0 Å². The summed E-state index contributed by atoms with van der Waals surface area (Å²) in [7, 11) is 2.13. The van der Waals surface area contributed by atoms with Gasteiger partial charge in [-0.3, -0.25) is 14.7 Å². The van der Waals surface area contributed by atoms with Crippen LogP contribution in [0.1, 0.15) is 26.7 Å². The smallest absolute Gasteiger partial charge is 0.239 e. The lowest BCUT2D eigenvalue weighted by atomic mass is 10.2. The molecule has 0 aromatic carbocycles. The molecule has 28 heavy (non-hydrogen) atoms. The van der Waals surface area contributed by atoms with Gasteiger partial charge >= 0.3 is 0 Å². The van der Waals surface area contributed by atoms with E-state index in [-0.39, 0.29) is 12.1 Å². The average molecular weight is 395 g/mol. The minimum atomic E-state index is -0.0223. The molecular formula is C20H38N6O2. The maximum atomic E-state index is 12.7. The third-order valence-corrected chi connectivity index (χ3v) is 6.06. The summed E-state index contributed by atoms with van der Waals surface area (Å²) in [4.78, 5) is 26.5. The summed E-state index contributed by atoms with van der Waals surface area (Å²) in [6.45, 7) is 13.9. The van der Waals surface area contributed by atoms with Gasteiger partial charge in [-0.1, -0.05) is 0 Å². The Hall–Kier alpha value is -1.38.